The molecule has 0 aromatic heterocycles. The number of nitro benzene ring substituents is 1. The molecule has 0 saturated carbocycles. The molecule has 9 heteroatoms. The number of carbonyl (C=O) groups is 1. The molecule has 26 heavy (non-hydrogen) atoms. The maximum atomic E-state index is 12.7. The predicted octanol–water partition coefficient (Wildman–Crippen LogP) is 1.78. The van der Waals surface area contributed by atoms with Crippen LogP contribution in [0.1, 0.15) is 19.3 Å². The lowest BCUT2D eigenvalue weighted by atomic mass is 10.0. The summed E-state index contributed by atoms with van der Waals surface area (Å²) >= 11 is 0. The van der Waals surface area contributed by atoms with Crippen molar-refractivity contribution >= 4 is 21.6 Å². The Hall–Kier alpha value is -2.26. The van der Waals surface area contributed by atoms with E-state index < -0.39 is 14.9 Å². The van der Waals surface area contributed by atoms with Crippen molar-refractivity contribution in [3.05, 3.63) is 46.5 Å². The Morgan fingerprint density at radius 3 is 2.35 bits per heavy atom. The van der Waals surface area contributed by atoms with E-state index >= 15 is 0 Å². The first-order valence-corrected chi connectivity index (χ1v) is 10.0. The summed E-state index contributed by atoms with van der Waals surface area (Å²) in [5.41, 5.74) is -0.152. The maximum absolute atomic E-state index is 12.7. The van der Waals surface area contributed by atoms with Crippen LogP contribution in [0.3, 0.4) is 0 Å². The van der Waals surface area contributed by atoms with Crippen LogP contribution in [0, 0.1) is 16.0 Å². The second kappa shape index (κ2) is 7.55. The molecule has 3 rings (SSSR count). The number of piperazine rings is 1. The van der Waals surface area contributed by atoms with Crippen molar-refractivity contribution in [2.75, 3.05) is 26.2 Å². The summed E-state index contributed by atoms with van der Waals surface area (Å²) in [7, 11) is -3.71. The van der Waals surface area contributed by atoms with Crippen molar-refractivity contribution in [3.8, 4) is 0 Å². The molecular weight excluding hydrogens is 358 g/mol. The van der Waals surface area contributed by atoms with Crippen LogP contribution in [-0.4, -0.2) is 54.6 Å². The van der Waals surface area contributed by atoms with Gasteiger partial charge >= 0.3 is 0 Å². The lowest BCUT2D eigenvalue weighted by Gasteiger charge is -2.34. The molecule has 140 valence electrons. The summed E-state index contributed by atoms with van der Waals surface area (Å²) < 4.78 is 26.7. The van der Waals surface area contributed by atoms with Gasteiger partial charge in [0.05, 0.1) is 9.82 Å². The molecule has 0 radical (unpaired) electrons. The first-order chi connectivity index (χ1) is 12.4. The number of rotatable bonds is 5. The molecule has 2 aliphatic rings. The van der Waals surface area contributed by atoms with Crippen LogP contribution < -0.4 is 0 Å². The Kier molecular flexibility index (Phi) is 5.38. The number of allylic oxidation sites excluding steroid dienone is 2. The summed E-state index contributed by atoms with van der Waals surface area (Å²) in [5, 5.41) is 10.7. The minimum atomic E-state index is -3.71. The molecule has 1 aliphatic carbocycles. The van der Waals surface area contributed by atoms with Gasteiger partial charge in [0, 0.05) is 44.7 Å². The molecule has 8 nitrogen and oxygen atoms in total. The number of benzene rings is 1. The molecule has 1 heterocycles. The number of carbonyl (C=O) groups excluding carboxylic acids is 1. The number of sulfonamides is 1. The second-order valence-corrected chi connectivity index (χ2v) is 8.44. The van der Waals surface area contributed by atoms with Gasteiger partial charge in [-0.2, -0.15) is 4.31 Å². The number of amides is 1. The minimum absolute atomic E-state index is 0.0268. The third-order valence-corrected chi connectivity index (χ3v) is 6.74. The van der Waals surface area contributed by atoms with E-state index in [9.17, 15) is 23.3 Å². The van der Waals surface area contributed by atoms with E-state index in [1.165, 1.54) is 28.6 Å². The third-order valence-electron chi connectivity index (χ3n) is 4.83. The topological polar surface area (TPSA) is 101 Å². The van der Waals surface area contributed by atoms with Crippen LogP contribution in [0.15, 0.2) is 41.3 Å². The van der Waals surface area contributed by atoms with Crippen molar-refractivity contribution in [3.63, 3.8) is 0 Å². The van der Waals surface area contributed by atoms with Gasteiger partial charge in [-0.25, -0.2) is 8.42 Å². The van der Waals surface area contributed by atoms with Crippen molar-refractivity contribution in [1.82, 2.24) is 9.21 Å². The summed E-state index contributed by atoms with van der Waals surface area (Å²) in [5.74, 6) is 0.360. The highest BCUT2D eigenvalue weighted by Crippen LogP contribution is 2.23. The van der Waals surface area contributed by atoms with Gasteiger partial charge in [-0.15, -0.1) is 0 Å². The fourth-order valence-corrected chi connectivity index (χ4v) is 4.71. The zero-order valence-electron chi connectivity index (χ0n) is 14.3. The minimum Gasteiger partial charge on any atom is -0.340 e. The molecular formula is C17H21N3O5S. The van der Waals surface area contributed by atoms with Gasteiger partial charge in [0.1, 0.15) is 0 Å². The Balaban J connectivity index is 1.60. The summed E-state index contributed by atoms with van der Waals surface area (Å²) in [4.78, 5) is 24.2. The van der Waals surface area contributed by atoms with Crippen LogP contribution in [-0.2, 0) is 14.8 Å². The van der Waals surface area contributed by atoms with Crippen LogP contribution in [0.2, 0.25) is 0 Å². The molecule has 1 atom stereocenters. The maximum Gasteiger partial charge on any atom is 0.269 e. The number of non-ortho nitro benzene ring substituents is 1. The van der Waals surface area contributed by atoms with Gasteiger partial charge in [-0.1, -0.05) is 12.2 Å². The molecule has 1 aromatic rings. The van der Waals surface area contributed by atoms with Crippen molar-refractivity contribution in [1.29, 1.82) is 0 Å². The lowest BCUT2D eigenvalue weighted by molar-refractivity contribution is -0.384. The largest absolute Gasteiger partial charge is 0.340 e. The van der Waals surface area contributed by atoms with Crippen LogP contribution in [0.25, 0.3) is 0 Å². The predicted molar refractivity (Wildman–Crippen MR) is 94.9 cm³/mol. The fraction of sp³-hybridized carbons (Fsp3) is 0.471. The zero-order chi connectivity index (χ0) is 18.7. The Morgan fingerprint density at radius 1 is 1.15 bits per heavy atom. The van der Waals surface area contributed by atoms with Gasteiger partial charge in [-0.05, 0) is 30.9 Å². The van der Waals surface area contributed by atoms with Crippen LogP contribution >= 0.6 is 0 Å². The van der Waals surface area contributed by atoms with E-state index in [2.05, 4.69) is 12.2 Å². The number of hydrogen-bond acceptors (Lipinski definition) is 5. The molecule has 0 bridgehead atoms. The Bertz CT molecular complexity index is 811. The molecule has 0 unspecified atom stereocenters. The normalized spacial score (nSPS) is 21.1. The average molecular weight is 379 g/mol. The zero-order valence-corrected chi connectivity index (χ0v) is 15.1. The van der Waals surface area contributed by atoms with Gasteiger partial charge in [0.15, 0.2) is 0 Å². The summed E-state index contributed by atoms with van der Waals surface area (Å²) in [6.07, 6.45) is 6.66. The van der Waals surface area contributed by atoms with Crippen molar-refractivity contribution in [2.45, 2.75) is 24.2 Å². The van der Waals surface area contributed by atoms with E-state index in [4.69, 9.17) is 0 Å². The Morgan fingerprint density at radius 2 is 1.81 bits per heavy atom. The monoisotopic (exact) mass is 379 g/mol. The van der Waals surface area contributed by atoms with E-state index in [0.29, 0.717) is 25.4 Å². The lowest BCUT2D eigenvalue weighted by Crippen LogP contribution is -2.50. The summed E-state index contributed by atoms with van der Waals surface area (Å²) in [6, 6.07) is 4.86. The van der Waals surface area contributed by atoms with Crippen LogP contribution in [0.4, 0.5) is 5.69 Å². The molecule has 0 spiro atoms. The molecule has 1 amide bonds. The first-order valence-electron chi connectivity index (χ1n) is 8.57. The number of nitro groups is 1. The first kappa shape index (κ1) is 18.5. The van der Waals surface area contributed by atoms with Gasteiger partial charge in [0.25, 0.3) is 5.69 Å². The SMILES string of the molecule is O=C(C[C@H]1C=CCC1)N1CCN(S(=O)(=O)c2ccc([N+](=O)[O-])cc2)CC1. The molecule has 1 aromatic carbocycles. The smallest absolute Gasteiger partial charge is 0.269 e. The highest BCUT2D eigenvalue weighted by molar-refractivity contribution is 7.89. The van der Waals surface area contributed by atoms with Crippen molar-refractivity contribution < 1.29 is 18.1 Å². The number of nitrogens with zero attached hydrogens (tertiary/aromatic N) is 3. The van der Waals surface area contributed by atoms with Gasteiger partial charge in [-0.3, -0.25) is 14.9 Å². The average Bonchev–Trinajstić information content (AvgIpc) is 3.15. The summed E-state index contributed by atoms with van der Waals surface area (Å²) in [6.45, 7) is 1.18. The number of hydrogen-bond donors (Lipinski definition) is 0. The molecule has 1 fully saturated rings. The quantitative estimate of drug-likeness (QED) is 0.441. The second-order valence-electron chi connectivity index (χ2n) is 6.51. The highest BCUT2D eigenvalue weighted by atomic mass is 32.2. The van der Waals surface area contributed by atoms with E-state index in [1.54, 1.807) is 4.90 Å². The van der Waals surface area contributed by atoms with E-state index in [-0.39, 0.29) is 29.6 Å². The van der Waals surface area contributed by atoms with Crippen molar-refractivity contribution in [2.24, 2.45) is 5.92 Å². The van der Waals surface area contributed by atoms with E-state index in [0.717, 1.165) is 12.8 Å². The molecule has 0 N–H and O–H groups in total. The van der Waals surface area contributed by atoms with Gasteiger partial charge < -0.3 is 4.90 Å². The highest BCUT2D eigenvalue weighted by Gasteiger charge is 2.31. The molecule has 1 aliphatic heterocycles. The standard InChI is InChI=1S/C17H21N3O5S/c21-17(13-14-3-1-2-4-14)18-9-11-19(12-10-18)26(24,25)16-7-5-15(6-8-16)20(22)23/h1,3,5-8,14H,2,4,9-13H2/t14-/m0/s1. The Labute approximate surface area is 152 Å². The van der Waals surface area contributed by atoms with E-state index in [1.807, 2.05) is 0 Å². The fourth-order valence-electron chi connectivity index (χ4n) is 3.29. The van der Waals surface area contributed by atoms with Gasteiger partial charge in [0.2, 0.25) is 15.9 Å². The third kappa shape index (κ3) is 3.94. The van der Waals surface area contributed by atoms with Crippen LogP contribution in [0.5, 0.6) is 0 Å². The molecule has 1 saturated heterocycles.